The van der Waals surface area contributed by atoms with E-state index in [0.29, 0.717) is 5.69 Å². The molecule has 4 rings (SSSR count). The lowest BCUT2D eigenvalue weighted by Crippen LogP contribution is -2.49. The lowest BCUT2D eigenvalue weighted by atomic mass is 9.87. The van der Waals surface area contributed by atoms with Gasteiger partial charge in [-0.25, -0.2) is 14.5 Å². The quantitative estimate of drug-likeness (QED) is 0.226. The van der Waals surface area contributed by atoms with Gasteiger partial charge in [0.2, 0.25) is 5.76 Å². The molecular formula is C25H28N6O5. The lowest BCUT2D eigenvalue weighted by molar-refractivity contribution is -0.145. The van der Waals surface area contributed by atoms with Crippen LogP contribution in [0.25, 0.3) is 22.4 Å². The summed E-state index contributed by atoms with van der Waals surface area (Å²) in [6.45, 7) is 1.60. The summed E-state index contributed by atoms with van der Waals surface area (Å²) >= 11 is 0. The number of carboxylic acid groups (broad SMARTS) is 1. The van der Waals surface area contributed by atoms with E-state index in [1.165, 1.54) is 10.8 Å². The highest BCUT2D eigenvalue weighted by molar-refractivity contribution is 5.85. The van der Waals surface area contributed by atoms with Crippen LogP contribution < -0.4 is 11.5 Å². The highest BCUT2D eigenvalue weighted by Crippen LogP contribution is 2.29. The maximum Gasteiger partial charge on any atom is 0.370 e. The first-order valence-corrected chi connectivity index (χ1v) is 11.4. The van der Waals surface area contributed by atoms with E-state index in [2.05, 4.69) is 15.3 Å². The Kier molecular flexibility index (Phi) is 7.32. The number of guanidine groups is 1. The van der Waals surface area contributed by atoms with Crippen molar-refractivity contribution < 1.29 is 24.9 Å². The number of carboxylic acids is 1. The number of aliphatic imine (C=N–C) groups is 1. The number of carbonyl (C=O) groups is 1. The SMILES string of the molecule is C[C@H]1C(C(O)C(O)Cn2cc(-c3ccc(-c4ccccc4)cc3)nn2)OC(C(=O)O)=C[C@H]1N=C(N)N. The van der Waals surface area contributed by atoms with Gasteiger partial charge in [0.25, 0.3) is 0 Å². The van der Waals surface area contributed by atoms with Crippen molar-refractivity contribution in [1.82, 2.24) is 15.0 Å². The summed E-state index contributed by atoms with van der Waals surface area (Å²) in [4.78, 5) is 15.5. The van der Waals surface area contributed by atoms with Gasteiger partial charge in [0.05, 0.1) is 18.8 Å². The van der Waals surface area contributed by atoms with E-state index in [-0.39, 0.29) is 12.5 Å². The van der Waals surface area contributed by atoms with Crippen molar-refractivity contribution in [1.29, 1.82) is 0 Å². The van der Waals surface area contributed by atoms with Crippen molar-refractivity contribution in [3.63, 3.8) is 0 Å². The minimum Gasteiger partial charge on any atom is -0.480 e. The zero-order chi connectivity index (χ0) is 25.8. The van der Waals surface area contributed by atoms with Crippen LogP contribution in [0, 0.1) is 5.92 Å². The number of ether oxygens (including phenoxy) is 1. The van der Waals surface area contributed by atoms with Crippen molar-refractivity contribution in [2.45, 2.75) is 37.8 Å². The average Bonchev–Trinajstić information content (AvgIpc) is 3.33. The molecule has 1 aliphatic rings. The first-order chi connectivity index (χ1) is 17.2. The molecule has 0 fully saturated rings. The third kappa shape index (κ3) is 5.53. The van der Waals surface area contributed by atoms with E-state index in [1.807, 2.05) is 54.6 Å². The van der Waals surface area contributed by atoms with E-state index in [9.17, 15) is 20.1 Å². The van der Waals surface area contributed by atoms with Crippen molar-refractivity contribution in [3.05, 3.63) is 72.6 Å². The first kappa shape index (κ1) is 24.9. The van der Waals surface area contributed by atoms with Gasteiger partial charge in [-0.3, -0.25) is 0 Å². The normalized spacial score (nSPS) is 21.1. The zero-order valence-corrected chi connectivity index (χ0v) is 19.5. The van der Waals surface area contributed by atoms with Crippen LogP contribution in [-0.4, -0.2) is 66.6 Å². The van der Waals surface area contributed by atoms with Gasteiger partial charge in [0, 0.05) is 11.5 Å². The molecule has 188 valence electrons. The Morgan fingerprint density at radius 2 is 1.72 bits per heavy atom. The number of hydrogen-bond donors (Lipinski definition) is 5. The van der Waals surface area contributed by atoms with Crippen molar-refractivity contribution >= 4 is 11.9 Å². The number of aromatic nitrogens is 3. The molecule has 0 spiro atoms. The molecule has 3 unspecified atom stereocenters. The van der Waals surface area contributed by atoms with Crippen LogP contribution in [0.2, 0.25) is 0 Å². The van der Waals surface area contributed by atoms with E-state index < -0.39 is 42.0 Å². The zero-order valence-electron chi connectivity index (χ0n) is 19.5. The van der Waals surface area contributed by atoms with Crippen LogP contribution >= 0.6 is 0 Å². The molecule has 0 amide bonds. The Morgan fingerprint density at radius 1 is 1.08 bits per heavy atom. The highest BCUT2D eigenvalue weighted by atomic mass is 16.5. The largest absolute Gasteiger partial charge is 0.480 e. The van der Waals surface area contributed by atoms with Crippen molar-refractivity contribution in [2.24, 2.45) is 22.4 Å². The Hall–Kier alpha value is -4.22. The summed E-state index contributed by atoms with van der Waals surface area (Å²) in [5.41, 5.74) is 14.5. The Labute approximate surface area is 207 Å². The minimum atomic E-state index is -1.45. The standard InChI is InChI=1S/C25H28N6O5/c1-14-18(28-25(26)27)11-21(24(34)35)36-23(14)22(33)20(32)13-31-12-19(29-30-31)17-9-7-16(8-10-17)15-5-3-2-4-6-15/h2-12,14,18,20,22-23,32-33H,13H2,1H3,(H,34,35)(H4,26,27,28)/t14-,18-,20?,22?,23?/m1/s1. The number of aliphatic carboxylic acids is 1. The van der Waals surface area contributed by atoms with Crippen LogP contribution in [0.15, 0.2) is 77.6 Å². The molecule has 11 heteroatoms. The van der Waals surface area contributed by atoms with Gasteiger partial charge in [0.15, 0.2) is 5.96 Å². The second-order valence-corrected chi connectivity index (χ2v) is 8.65. The van der Waals surface area contributed by atoms with Gasteiger partial charge in [0.1, 0.15) is 24.0 Å². The second-order valence-electron chi connectivity index (χ2n) is 8.65. The van der Waals surface area contributed by atoms with Crippen molar-refractivity contribution in [2.75, 3.05) is 0 Å². The van der Waals surface area contributed by atoms with E-state index in [4.69, 9.17) is 16.2 Å². The predicted octanol–water partition coefficient (Wildman–Crippen LogP) is 0.979. The summed E-state index contributed by atoms with van der Waals surface area (Å²) in [6.07, 6.45) is -0.922. The maximum absolute atomic E-state index is 11.5. The molecule has 7 N–H and O–H groups in total. The molecule has 0 radical (unpaired) electrons. The Morgan fingerprint density at radius 3 is 2.36 bits per heavy atom. The van der Waals surface area contributed by atoms with Crippen LogP contribution in [-0.2, 0) is 16.1 Å². The van der Waals surface area contributed by atoms with Crippen LogP contribution in [0.5, 0.6) is 0 Å². The number of rotatable bonds is 8. The van der Waals surface area contributed by atoms with Gasteiger partial charge in [-0.2, -0.15) is 0 Å². The maximum atomic E-state index is 11.5. The third-order valence-electron chi connectivity index (χ3n) is 6.08. The third-order valence-corrected chi connectivity index (χ3v) is 6.08. The van der Waals surface area contributed by atoms with E-state index >= 15 is 0 Å². The molecule has 36 heavy (non-hydrogen) atoms. The lowest BCUT2D eigenvalue weighted by Gasteiger charge is -2.36. The summed E-state index contributed by atoms with van der Waals surface area (Å²) in [6, 6.07) is 17.1. The molecule has 0 saturated carbocycles. The summed E-state index contributed by atoms with van der Waals surface area (Å²) < 4.78 is 6.88. The number of benzene rings is 2. The molecule has 2 heterocycles. The topological polar surface area (TPSA) is 182 Å². The van der Waals surface area contributed by atoms with Gasteiger partial charge in [-0.1, -0.05) is 66.7 Å². The summed E-state index contributed by atoms with van der Waals surface area (Å²) in [7, 11) is 0. The van der Waals surface area contributed by atoms with Gasteiger partial charge >= 0.3 is 5.97 Å². The smallest absolute Gasteiger partial charge is 0.370 e. The average molecular weight is 493 g/mol. The number of nitrogens with two attached hydrogens (primary N) is 2. The van der Waals surface area contributed by atoms with Gasteiger partial charge < -0.3 is 31.5 Å². The molecule has 0 aliphatic carbocycles. The molecule has 3 aromatic rings. The molecule has 11 nitrogen and oxygen atoms in total. The van der Waals surface area contributed by atoms with E-state index in [1.54, 1.807) is 13.1 Å². The van der Waals surface area contributed by atoms with E-state index in [0.717, 1.165) is 16.7 Å². The molecular weight excluding hydrogens is 464 g/mol. The molecule has 0 bridgehead atoms. The Balaban J connectivity index is 1.45. The fourth-order valence-corrected chi connectivity index (χ4v) is 4.13. The minimum absolute atomic E-state index is 0.0953. The van der Waals surface area contributed by atoms with Gasteiger partial charge in [-0.15, -0.1) is 5.10 Å². The van der Waals surface area contributed by atoms with Crippen molar-refractivity contribution in [3.8, 4) is 22.4 Å². The van der Waals surface area contributed by atoms with Crippen LogP contribution in [0.1, 0.15) is 6.92 Å². The molecule has 0 saturated heterocycles. The first-order valence-electron chi connectivity index (χ1n) is 11.4. The molecule has 2 aromatic carbocycles. The van der Waals surface area contributed by atoms with Crippen LogP contribution in [0.4, 0.5) is 0 Å². The fourth-order valence-electron chi connectivity index (χ4n) is 4.13. The molecule has 1 aliphatic heterocycles. The van der Waals surface area contributed by atoms with Gasteiger partial charge in [-0.05, 0) is 17.2 Å². The fraction of sp³-hybridized carbons (Fsp3) is 0.280. The highest BCUT2D eigenvalue weighted by Gasteiger charge is 2.41. The second kappa shape index (κ2) is 10.6. The number of aliphatic hydroxyl groups excluding tert-OH is 2. The number of nitrogens with zero attached hydrogens (tertiary/aromatic N) is 4. The number of aliphatic hydroxyl groups is 2. The summed E-state index contributed by atoms with van der Waals surface area (Å²) in [5.74, 6) is -2.48. The molecule has 5 atom stereocenters. The van der Waals surface area contributed by atoms with Crippen LogP contribution in [0.3, 0.4) is 0 Å². The monoisotopic (exact) mass is 492 g/mol. The predicted molar refractivity (Wildman–Crippen MR) is 132 cm³/mol. The Bertz CT molecular complexity index is 1250. The molecule has 1 aromatic heterocycles. The summed E-state index contributed by atoms with van der Waals surface area (Å²) in [5, 5.41) is 39.1. The number of hydrogen-bond acceptors (Lipinski definition) is 7.